The van der Waals surface area contributed by atoms with Gasteiger partial charge in [-0.3, -0.25) is 0 Å². The van der Waals surface area contributed by atoms with Crippen LogP contribution in [-0.4, -0.2) is 0 Å². The molecule has 2 rings (SSSR count). The van der Waals surface area contributed by atoms with Crippen LogP contribution in [0.3, 0.4) is 0 Å². The lowest BCUT2D eigenvalue weighted by Crippen LogP contribution is -1.97. The van der Waals surface area contributed by atoms with Crippen molar-refractivity contribution in [3.63, 3.8) is 0 Å². The summed E-state index contributed by atoms with van der Waals surface area (Å²) in [5.41, 5.74) is 7.92. The number of halogens is 2. The number of nitrogens with two attached hydrogens (primary N) is 1. The van der Waals surface area contributed by atoms with Crippen molar-refractivity contribution in [2.75, 3.05) is 11.1 Å². The van der Waals surface area contributed by atoms with Gasteiger partial charge < -0.3 is 11.1 Å². The van der Waals surface area contributed by atoms with Gasteiger partial charge in [0.15, 0.2) is 0 Å². The quantitative estimate of drug-likeness (QED) is 0.779. The highest BCUT2D eigenvalue weighted by Gasteiger charge is 2.05. The lowest BCUT2D eigenvalue weighted by atomic mass is 10.1. The molecule has 4 heteroatoms. The molecule has 0 saturated carbocycles. The van der Waals surface area contributed by atoms with Crippen molar-refractivity contribution in [1.82, 2.24) is 0 Å². The molecule has 2 nitrogen and oxygen atoms in total. The molecule has 0 aromatic heterocycles. The molecular weight excluding hydrogens is 222 g/mol. The molecule has 88 valence electrons. The smallest absolute Gasteiger partial charge is 0.146 e. The Morgan fingerprint density at radius 1 is 1.00 bits per heavy atom. The van der Waals surface area contributed by atoms with E-state index >= 15 is 0 Å². The lowest BCUT2D eigenvalue weighted by Gasteiger charge is -2.11. The number of aryl methyl sites for hydroxylation is 1. The Balaban J connectivity index is 2.34. The molecule has 0 unspecified atom stereocenters. The highest BCUT2D eigenvalue weighted by molar-refractivity contribution is 5.66. The standard InChI is InChI=1S/C13H12F2N2/c1-8-6-10(16)3-5-12(8)17-13-7-9(14)2-4-11(13)15/h2-7,17H,16H2,1H3. The zero-order valence-corrected chi connectivity index (χ0v) is 9.30. The summed E-state index contributed by atoms with van der Waals surface area (Å²) in [7, 11) is 0. The SMILES string of the molecule is Cc1cc(N)ccc1Nc1cc(F)ccc1F. The molecule has 0 radical (unpaired) electrons. The molecule has 2 aromatic rings. The molecule has 17 heavy (non-hydrogen) atoms. The van der Waals surface area contributed by atoms with Crippen molar-refractivity contribution in [2.24, 2.45) is 0 Å². The Bertz CT molecular complexity index is 553. The minimum Gasteiger partial charge on any atom is -0.399 e. The molecule has 0 spiro atoms. The summed E-state index contributed by atoms with van der Waals surface area (Å²) in [5.74, 6) is -0.982. The van der Waals surface area contributed by atoms with E-state index in [1.807, 2.05) is 6.92 Å². The number of hydrogen-bond donors (Lipinski definition) is 2. The van der Waals surface area contributed by atoms with E-state index in [2.05, 4.69) is 5.32 Å². The summed E-state index contributed by atoms with van der Waals surface area (Å²) in [5, 5.41) is 2.84. The van der Waals surface area contributed by atoms with Gasteiger partial charge in [-0.1, -0.05) is 0 Å². The molecule has 0 atom stereocenters. The maximum Gasteiger partial charge on any atom is 0.146 e. The topological polar surface area (TPSA) is 38.0 Å². The average molecular weight is 234 g/mol. The van der Waals surface area contributed by atoms with Crippen molar-refractivity contribution in [3.05, 3.63) is 53.6 Å². The summed E-state index contributed by atoms with van der Waals surface area (Å²) >= 11 is 0. The van der Waals surface area contributed by atoms with Gasteiger partial charge >= 0.3 is 0 Å². The van der Waals surface area contributed by atoms with Crippen LogP contribution in [0, 0.1) is 18.6 Å². The summed E-state index contributed by atoms with van der Waals surface area (Å²) < 4.78 is 26.4. The molecule has 0 bridgehead atoms. The van der Waals surface area contributed by atoms with Crippen molar-refractivity contribution in [1.29, 1.82) is 0 Å². The van der Waals surface area contributed by atoms with Gasteiger partial charge in [-0.15, -0.1) is 0 Å². The number of rotatable bonds is 2. The third-order valence-electron chi connectivity index (χ3n) is 2.45. The fourth-order valence-corrected chi connectivity index (χ4v) is 1.57. The highest BCUT2D eigenvalue weighted by Crippen LogP contribution is 2.24. The van der Waals surface area contributed by atoms with E-state index in [1.54, 1.807) is 18.2 Å². The average Bonchev–Trinajstić information content (AvgIpc) is 2.27. The van der Waals surface area contributed by atoms with Gasteiger partial charge in [0.25, 0.3) is 0 Å². The fourth-order valence-electron chi connectivity index (χ4n) is 1.57. The minimum atomic E-state index is -0.498. The Hall–Kier alpha value is -2.10. The van der Waals surface area contributed by atoms with E-state index < -0.39 is 11.6 Å². The van der Waals surface area contributed by atoms with E-state index in [0.29, 0.717) is 11.4 Å². The van der Waals surface area contributed by atoms with Crippen LogP contribution in [0.2, 0.25) is 0 Å². The molecule has 0 heterocycles. The first kappa shape index (κ1) is 11.4. The van der Waals surface area contributed by atoms with Crippen molar-refractivity contribution in [3.8, 4) is 0 Å². The number of nitrogens with one attached hydrogen (secondary N) is 1. The number of benzene rings is 2. The fraction of sp³-hybridized carbons (Fsp3) is 0.0769. The van der Waals surface area contributed by atoms with Gasteiger partial charge in [0, 0.05) is 17.4 Å². The largest absolute Gasteiger partial charge is 0.399 e. The van der Waals surface area contributed by atoms with Crippen LogP contribution in [0.4, 0.5) is 25.8 Å². The van der Waals surface area contributed by atoms with Crippen LogP contribution in [0.25, 0.3) is 0 Å². The van der Waals surface area contributed by atoms with E-state index in [1.165, 1.54) is 0 Å². The first-order valence-corrected chi connectivity index (χ1v) is 5.14. The van der Waals surface area contributed by atoms with Crippen LogP contribution in [0.5, 0.6) is 0 Å². The minimum absolute atomic E-state index is 0.109. The molecule has 2 aromatic carbocycles. The van der Waals surface area contributed by atoms with E-state index in [-0.39, 0.29) is 5.69 Å². The lowest BCUT2D eigenvalue weighted by molar-refractivity contribution is 0.603. The number of hydrogen-bond acceptors (Lipinski definition) is 2. The first-order valence-electron chi connectivity index (χ1n) is 5.14. The van der Waals surface area contributed by atoms with E-state index in [4.69, 9.17) is 5.73 Å². The van der Waals surface area contributed by atoms with Crippen molar-refractivity contribution >= 4 is 17.1 Å². The second-order valence-corrected chi connectivity index (χ2v) is 3.82. The third kappa shape index (κ3) is 2.53. The maximum atomic E-state index is 13.4. The molecule has 3 N–H and O–H groups in total. The van der Waals surface area contributed by atoms with Gasteiger partial charge in [0.2, 0.25) is 0 Å². The third-order valence-corrected chi connectivity index (χ3v) is 2.45. The van der Waals surface area contributed by atoms with E-state index in [0.717, 1.165) is 23.8 Å². The van der Waals surface area contributed by atoms with Crippen molar-refractivity contribution < 1.29 is 8.78 Å². The second-order valence-electron chi connectivity index (χ2n) is 3.82. The van der Waals surface area contributed by atoms with Crippen LogP contribution in [-0.2, 0) is 0 Å². The van der Waals surface area contributed by atoms with Gasteiger partial charge in [-0.05, 0) is 42.8 Å². The second kappa shape index (κ2) is 4.41. The zero-order valence-electron chi connectivity index (χ0n) is 9.30. The molecule has 0 fully saturated rings. The zero-order chi connectivity index (χ0) is 12.4. The predicted molar refractivity (Wildman–Crippen MR) is 65.2 cm³/mol. The molecule has 0 saturated heterocycles. The molecule has 0 aliphatic rings. The monoisotopic (exact) mass is 234 g/mol. The van der Waals surface area contributed by atoms with Crippen LogP contribution in [0.15, 0.2) is 36.4 Å². The summed E-state index contributed by atoms with van der Waals surface area (Å²) in [6, 6.07) is 8.48. The molecule has 0 aliphatic carbocycles. The van der Waals surface area contributed by atoms with E-state index in [9.17, 15) is 8.78 Å². The predicted octanol–water partition coefficient (Wildman–Crippen LogP) is 3.60. The van der Waals surface area contributed by atoms with Crippen LogP contribution >= 0.6 is 0 Å². The summed E-state index contributed by atoms with van der Waals surface area (Å²) in [4.78, 5) is 0. The molecular formula is C13H12F2N2. The maximum absolute atomic E-state index is 13.4. The Labute approximate surface area is 98.1 Å². The molecule has 0 aliphatic heterocycles. The summed E-state index contributed by atoms with van der Waals surface area (Å²) in [6.45, 7) is 1.84. The highest BCUT2D eigenvalue weighted by atomic mass is 19.1. The normalized spacial score (nSPS) is 10.3. The number of anilines is 3. The molecule has 0 amide bonds. The Morgan fingerprint density at radius 2 is 1.76 bits per heavy atom. The first-order chi connectivity index (χ1) is 8.06. The summed E-state index contributed by atoms with van der Waals surface area (Å²) in [6.07, 6.45) is 0. The van der Waals surface area contributed by atoms with Gasteiger partial charge in [-0.25, -0.2) is 8.78 Å². The van der Waals surface area contributed by atoms with Gasteiger partial charge in [0.05, 0.1) is 5.69 Å². The van der Waals surface area contributed by atoms with Gasteiger partial charge in [0.1, 0.15) is 11.6 Å². The van der Waals surface area contributed by atoms with Gasteiger partial charge in [-0.2, -0.15) is 0 Å². The Morgan fingerprint density at radius 3 is 2.47 bits per heavy atom. The van der Waals surface area contributed by atoms with Crippen molar-refractivity contribution in [2.45, 2.75) is 6.92 Å². The van der Waals surface area contributed by atoms with Crippen LogP contribution in [0.1, 0.15) is 5.56 Å². The Kier molecular flexibility index (Phi) is 2.95. The van der Waals surface area contributed by atoms with Crippen LogP contribution < -0.4 is 11.1 Å². The number of nitrogen functional groups attached to an aromatic ring is 1.